The fourth-order valence-corrected chi connectivity index (χ4v) is 3.98. The second-order valence-electron chi connectivity index (χ2n) is 7.04. The van der Waals surface area contributed by atoms with Crippen molar-refractivity contribution < 1.29 is 9.90 Å². The lowest BCUT2D eigenvalue weighted by Crippen LogP contribution is -2.56. The highest BCUT2D eigenvalue weighted by atomic mass is 16.3. The van der Waals surface area contributed by atoms with Crippen LogP contribution >= 0.6 is 0 Å². The second-order valence-corrected chi connectivity index (χ2v) is 7.04. The molecule has 1 aliphatic carbocycles. The third-order valence-electron chi connectivity index (χ3n) is 5.46. The van der Waals surface area contributed by atoms with Gasteiger partial charge in [-0.15, -0.1) is 0 Å². The van der Waals surface area contributed by atoms with Crippen molar-refractivity contribution in [1.29, 1.82) is 5.26 Å². The first kappa shape index (κ1) is 16.8. The Bertz CT molecular complexity index is 640. The van der Waals surface area contributed by atoms with Crippen LogP contribution in [-0.2, 0) is 6.42 Å². The van der Waals surface area contributed by atoms with Gasteiger partial charge in [-0.1, -0.05) is 25.0 Å². The Morgan fingerprint density at radius 1 is 1.42 bits per heavy atom. The minimum atomic E-state index is -0.549. The number of nitrogens with zero attached hydrogens (tertiary/aromatic N) is 2. The maximum atomic E-state index is 12.4. The molecule has 0 radical (unpaired) electrons. The van der Waals surface area contributed by atoms with E-state index in [-0.39, 0.29) is 11.9 Å². The van der Waals surface area contributed by atoms with Gasteiger partial charge in [-0.05, 0) is 43.4 Å². The fraction of sp³-hybridized carbons (Fsp3) is 0.579. The number of likely N-dealkylation sites (tertiary alicyclic amines) is 1. The van der Waals surface area contributed by atoms with Gasteiger partial charge in [0.05, 0.1) is 17.2 Å². The zero-order valence-electron chi connectivity index (χ0n) is 14.0. The summed E-state index contributed by atoms with van der Waals surface area (Å²) in [5.41, 5.74) is 1.15. The first-order valence-corrected chi connectivity index (χ1v) is 8.85. The van der Waals surface area contributed by atoms with Gasteiger partial charge in [-0.2, -0.15) is 5.26 Å². The number of carbonyl (C=O) groups excluding carboxylic acids is 1. The monoisotopic (exact) mass is 327 g/mol. The second kappa shape index (κ2) is 7.23. The lowest BCUT2D eigenvalue weighted by atomic mass is 9.71. The maximum Gasteiger partial charge on any atom is 0.317 e. The Balaban J connectivity index is 1.48. The van der Waals surface area contributed by atoms with Crippen LogP contribution < -0.4 is 5.32 Å². The number of rotatable bonds is 3. The molecule has 0 bridgehead atoms. The molecular weight excluding hydrogens is 302 g/mol. The molecule has 1 heterocycles. The molecule has 2 fully saturated rings. The van der Waals surface area contributed by atoms with Crippen LogP contribution in [0.1, 0.15) is 43.2 Å². The Labute approximate surface area is 143 Å². The molecule has 1 saturated carbocycles. The number of nitriles is 1. The van der Waals surface area contributed by atoms with Gasteiger partial charge >= 0.3 is 6.03 Å². The number of urea groups is 1. The average molecular weight is 327 g/mol. The summed E-state index contributed by atoms with van der Waals surface area (Å²) in [6.45, 7) is 1.84. The van der Waals surface area contributed by atoms with E-state index in [1.807, 2.05) is 23.1 Å². The van der Waals surface area contributed by atoms with Gasteiger partial charge in [-0.25, -0.2) is 4.79 Å². The summed E-state index contributed by atoms with van der Waals surface area (Å²) in [5.74, 6) is 0.220. The van der Waals surface area contributed by atoms with E-state index in [1.165, 1.54) is 0 Å². The number of hydrogen-bond acceptors (Lipinski definition) is 3. The number of benzene rings is 1. The van der Waals surface area contributed by atoms with Crippen LogP contribution in [0.25, 0.3) is 0 Å². The van der Waals surface area contributed by atoms with Crippen LogP contribution in [0.4, 0.5) is 4.79 Å². The lowest BCUT2D eigenvalue weighted by molar-refractivity contribution is -0.0870. The molecule has 1 aromatic rings. The smallest absolute Gasteiger partial charge is 0.317 e. The molecule has 5 heteroatoms. The summed E-state index contributed by atoms with van der Waals surface area (Å²) in [5, 5.41) is 22.6. The lowest BCUT2D eigenvalue weighted by Gasteiger charge is -2.47. The van der Waals surface area contributed by atoms with Crippen LogP contribution in [-0.4, -0.2) is 41.3 Å². The Morgan fingerprint density at radius 3 is 3.12 bits per heavy atom. The molecule has 1 saturated heterocycles. The van der Waals surface area contributed by atoms with Crippen LogP contribution in [0.5, 0.6) is 0 Å². The quantitative estimate of drug-likeness (QED) is 0.895. The molecular formula is C19H25N3O2. The molecule has 1 aliphatic heterocycles. The number of hydrogen-bond donors (Lipinski definition) is 2. The maximum absolute atomic E-state index is 12.4. The predicted octanol–water partition coefficient (Wildman–Crippen LogP) is 2.44. The van der Waals surface area contributed by atoms with E-state index in [0.29, 0.717) is 38.0 Å². The van der Waals surface area contributed by atoms with Crippen molar-refractivity contribution >= 4 is 6.03 Å². The van der Waals surface area contributed by atoms with Crippen molar-refractivity contribution in [2.75, 3.05) is 19.6 Å². The van der Waals surface area contributed by atoms with Crippen LogP contribution in [0.2, 0.25) is 0 Å². The number of fused-ring (bicyclic) bond motifs is 1. The molecule has 2 N–H and O–H groups in total. The van der Waals surface area contributed by atoms with E-state index >= 15 is 0 Å². The zero-order valence-corrected chi connectivity index (χ0v) is 14.0. The van der Waals surface area contributed by atoms with E-state index in [1.54, 1.807) is 6.07 Å². The van der Waals surface area contributed by atoms with Gasteiger partial charge in [0.1, 0.15) is 0 Å². The molecule has 2 aliphatic rings. The van der Waals surface area contributed by atoms with Crippen LogP contribution in [0, 0.1) is 17.2 Å². The summed E-state index contributed by atoms with van der Waals surface area (Å²) >= 11 is 0. The van der Waals surface area contributed by atoms with Gasteiger partial charge in [0.25, 0.3) is 0 Å². The number of nitrogens with one attached hydrogen (secondary N) is 1. The number of aliphatic hydroxyl groups is 1. The standard InChI is InChI=1S/C19H25N3O2/c20-13-16-5-3-4-15(12-16)7-10-21-18(23)22-11-9-19(24)8-2-1-6-17(19)14-22/h3-5,12,17,24H,1-2,6-11,14H2,(H,21,23). The number of carbonyl (C=O) groups is 1. The minimum Gasteiger partial charge on any atom is -0.389 e. The highest BCUT2D eigenvalue weighted by molar-refractivity contribution is 5.74. The normalized spacial score (nSPS) is 26.3. The average Bonchev–Trinajstić information content (AvgIpc) is 2.61. The van der Waals surface area contributed by atoms with E-state index in [0.717, 1.165) is 31.2 Å². The van der Waals surface area contributed by atoms with E-state index < -0.39 is 5.60 Å². The van der Waals surface area contributed by atoms with Crippen molar-refractivity contribution in [2.45, 2.75) is 44.1 Å². The summed E-state index contributed by atoms with van der Waals surface area (Å²) in [7, 11) is 0. The number of piperidine rings is 1. The summed E-state index contributed by atoms with van der Waals surface area (Å²) in [6.07, 6.45) is 5.54. The zero-order chi connectivity index (χ0) is 17.0. The Hall–Kier alpha value is -2.06. The van der Waals surface area contributed by atoms with Crippen molar-refractivity contribution in [2.24, 2.45) is 5.92 Å². The van der Waals surface area contributed by atoms with Gasteiger partial charge in [0.2, 0.25) is 0 Å². The molecule has 2 unspecified atom stereocenters. The highest BCUT2D eigenvalue weighted by Crippen LogP contribution is 2.39. The van der Waals surface area contributed by atoms with Crippen LogP contribution in [0.3, 0.4) is 0 Å². The molecule has 2 amide bonds. The van der Waals surface area contributed by atoms with Crippen molar-refractivity contribution in [3.05, 3.63) is 35.4 Å². The van der Waals surface area contributed by atoms with Gasteiger partial charge in [0.15, 0.2) is 0 Å². The first-order valence-electron chi connectivity index (χ1n) is 8.85. The van der Waals surface area contributed by atoms with Gasteiger partial charge in [0, 0.05) is 25.6 Å². The van der Waals surface area contributed by atoms with Gasteiger partial charge < -0.3 is 15.3 Å². The molecule has 1 aromatic carbocycles. The fourth-order valence-electron chi connectivity index (χ4n) is 3.98. The largest absolute Gasteiger partial charge is 0.389 e. The van der Waals surface area contributed by atoms with E-state index in [9.17, 15) is 9.90 Å². The molecule has 24 heavy (non-hydrogen) atoms. The predicted molar refractivity (Wildman–Crippen MR) is 91.4 cm³/mol. The van der Waals surface area contributed by atoms with Crippen LogP contribution in [0.15, 0.2) is 24.3 Å². The topological polar surface area (TPSA) is 76.4 Å². The van der Waals surface area contributed by atoms with Crippen molar-refractivity contribution in [3.8, 4) is 6.07 Å². The summed E-state index contributed by atoms with van der Waals surface area (Å²) in [6, 6.07) is 9.56. The molecule has 0 spiro atoms. The van der Waals surface area contributed by atoms with E-state index in [2.05, 4.69) is 11.4 Å². The third kappa shape index (κ3) is 3.70. The van der Waals surface area contributed by atoms with Gasteiger partial charge in [-0.3, -0.25) is 0 Å². The van der Waals surface area contributed by atoms with Crippen molar-refractivity contribution in [1.82, 2.24) is 10.2 Å². The Morgan fingerprint density at radius 2 is 2.29 bits per heavy atom. The molecule has 128 valence electrons. The number of amides is 2. The molecule has 0 aromatic heterocycles. The molecule has 2 atom stereocenters. The van der Waals surface area contributed by atoms with E-state index in [4.69, 9.17) is 5.26 Å². The highest BCUT2D eigenvalue weighted by Gasteiger charge is 2.43. The Kier molecular flexibility index (Phi) is 5.06. The molecule has 5 nitrogen and oxygen atoms in total. The third-order valence-corrected chi connectivity index (χ3v) is 5.46. The SMILES string of the molecule is N#Cc1cccc(CCNC(=O)N2CCC3(O)CCCCC3C2)c1. The first-order chi connectivity index (χ1) is 11.6. The minimum absolute atomic E-state index is 0.0425. The summed E-state index contributed by atoms with van der Waals surface area (Å²) in [4.78, 5) is 14.2. The summed E-state index contributed by atoms with van der Waals surface area (Å²) < 4.78 is 0. The van der Waals surface area contributed by atoms with Crippen molar-refractivity contribution in [3.63, 3.8) is 0 Å². The molecule has 3 rings (SSSR count).